The number of carbonyl (C=O) groups is 2. The van der Waals surface area contributed by atoms with Gasteiger partial charge in [0.25, 0.3) is 5.91 Å². The van der Waals surface area contributed by atoms with Crippen molar-refractivity contribution in [3.8, 4) is 11.5 Å². The van der Waals surface area contributed by atoms with Crippen molar-refractivity contribution >= 4 is 11.9 Å². The molecule has 1 atom stereocenters. The molecule has 9 heteroatoms. The predicted octanol–water partition coefficient (Wildman–Crippen LogP) is 1.49. The number of nitrogens with one attached hydrogen (secondary N) is 1. The maximum absolute atomic E-state index is 12.9. The molecule has 8 nitrogen and oxygen atoms in total. The Morgan fingerprint density at radius 1 is 1.31 bits per heavy atom. The monoisotopic (exact) mass is 365 g/mol. The zero-order chi connectivity index (χ0) is 19.5. The third-order valence-corrected chi connectivity index (χ3v) is 3.15. The van der Waals surface area contributed by atoms with Gasteiger partial charge in [0.2, 0.25) is 5.89 Å². The Bertz CT molecular complexity index is 849. The quantitative estimate of drug-likeness (QED) is 0.805. The maximum Gasteiger partial charge on any atom is 0.437 e. The topological polar surface area (TPSA) is 103 Å². The van der Waals surface area contributed by atoms with Gasteiger partial charge in [0, 0.05) is 11.1 Å². The molecule has 140 valence electrons. The van der Waals surface area contributed by atoms with Crippen molar-refractivity contribution in [2.45, 2.75) is 45.9 Å². The SMILES string of the molecule is CC(OC(=O)Cn1nc(-c2ccc(F)cc2)oc1=O)C(=O)NC(C)(C)C. The molecular weight excluding hydrogens is 345 g/mol. The van der Waals surface area contributed by atoms with Gasteiger partial charge in [-0.3, -0.25) is 9.59 Å². The molecule has 0 saturated carbocycles. The molecular formula is C17H20FN3O5. The third-order valence-electron chi connectivity index (χ3n) is 3.15. The zero-order valence-electron chi connectivity index (χ0n) is 14.9. The second kappa shape index (κ2) is 7.51. The highest BCUT2D eigenvalue weighted by Crippen LogP contribution is 2.15. The highest BCUT2D eigenvalue weighted by Gasteiger charge is 2.23. The molecule has 0 fully saturated rings. The lowest BCUT2D eigenvalue weighted by Crippen LogP contribution is -2.46. The average Bonchev–Trinajstić information content (AvgIpc) is 2.87. The summed E-state index contributed by atoms with van der Waals surface area (Å²) >= 11 is 0. The smallest absolute Gasteiger partial charge is 0.437 e. The summed E-state index contributed by atoms with van der Waals surface area (Å²) in [5.41, 5.74) is -0.0845. The van der Waals surface area contributed by atoms with Gasteiger partial charge < -0.3 is 14.5 Å². The van der Waals surface area contributed by atoms with Crippen LogP contribution in [0, 0.1) is 5.82 Å². The van der Waals surface area contributed by atoms with Crippen LogP contribution in [0.25, 0.3) is 11.5 Å². The van der Waals surface area contributed by atoms with Gasteiger partial charge in [-0.1, -0.05) is 0 Å². The number of hydrogen-bond acceptors (Lipinski definition) is 6. The Hall–Kier alpha value is -2.97. The Morgan fingerprint density at radius 2 is 1.92 bits per heavy atom. The number of carbonyl (C=O) groups excluding carboxylic acids is 2. The van der Waals surface area contributed by atoms with Crippen molar-refractivity contribution in [3.05, 3.63) is 40.6 Å². The summed E-state index contributed by atoms with van der Waals surface area (Å²) in [6.45, 7) is 6.30. The van der Waals surface area contributed by atoms with Gasteiger partial charge in [0.15, 0.2) is 6.10 Å². The largest absolute Gasteiger partial charge is 0.451 e. The van der Waals surface area contributed by atoms with Crippen molar-refractivity contribution < 1.29 is 23.1 Å². The number of amides is 1. The third kappa shape index (κ3) is 5.27. The van der Waals surface area contributed by atoms with E-state index in [-0.39, 0.29) is 5.89 Å². The number of hydrogen-bond donors (Lipinski definition) is 1. The summed E-state index contributed by atoms with van der Waals surface area (Å²) in [5, 5.41) is 6.56. The molecule has 0 saturated heterocycles. The molecule has 0 bridgehead atoms. The average molecular weight is 365 g/mol. The zero-order valence-corrected chi connectivity index (χ0v) is 14.9. The van der Waals surface area contributed by atoms with Crippen molar-refractivity contribution in [3.63, 3.8) is 0 Å². The van der Waals surface area contributed by atoms with E-state index in [0.29, 0.717) is 5.56 Å². The number of rotatable bonds is 5. The highest BCUT2D eigenvalue weighted by molar-refractivity contribution is 5.83. The van der Waals surface area contributed by atoms with Crippen molar-refractivity contribution in [2.24, 2.45) is 0 Å². The number of halogens is 1. The molecule has 0 aliphatic heterocycles. The minimum absolute atomic E-state index is 0.0543. The first kappa shape index (κ1) is 19.4. The van der Waals surface area contributed by atoms with Gasteiger partial charge >= 0.3 is 11.7 Å². The molecule has 0 aliphatic rings. The molecule has 1 aromatic carbocycles. The standard InChI is InChI=1S/C17H20FN3O5/c1-10(14(23)19-17(2,3)4)25-13(22)9-21-16(24)26-15(20-21)11-5-7-12(18)8-6-11/h5-8,10H,9H2,1-4H3,(H,19,23). The molecule has 0 aliphatic carbocycles. The van der Waals surface area contributed by atoms with Crippen LogP contribution in [0.3, 0.4) is 0 Å². The van der Waals surface area contributed by atoms with Gasteiger partial charge in [-0.2, -0.15) is 4.68 Å². The van der Waals surface area contributed by atoms with Gasteiger partial charge in [0.05, 0.1) is 0 Å². The molecule has 1 amide bonds. The molecule has 1 unspecified atom stereocenters. The van der Waals surface area contributed by atoms with E-state index in [4.69, 9.17) is 9.15 Å². The number of benzene rings is 1. The van der Waals surface area contributed by atoms with Crippen LogP contribution in [-0.2, 0) is 20.9 Å². The number of nitrogens with zero attached hydrogens (tertiary/aromatic N) is 2. The van der Waals surface area contributed by atoms with E-state index in [0.717, 1.165) is 4.68 Å². The van der Waals surface area contributed by atoms with Crippen LogP contribution in [0.5, 0.6) is 0 Å². The molecule has 26 heavy (non-hydrogen) atoms. The molecule has 0 spiro atoms. The number of aromatic nitrogens is 2. The first-order chi connectivity index (χ1) is 12.0. The van der Waals surface area contributed by atoms with Gasteiger partial charge in [-0.25, -0.2) is 9.18 Å². The van der Waals surface area contributed by atoms with Crippen molar-refractivity contribution in [1.29, 1.82) is 0 Å². The lowest BCUT2D eigenvalue weighted by molar-refractivity contribution is -0.156. The van der Waals surface area contributed by atoms with Gasteiger partial charge in [-0.15, -0.1) is 5.10 Å². The number of esters is 1. The van der Waals surface area contributed by atoms with Crippen LogP contribution in [0.2, 0.25) is 0 Å². The van der Waals surface area contributed by atoms with Crippen LogP contribution in [-0.4, -0.2) is 33.3 Å². The first-order valence-electron chi connectivity index (χ1n) is 7.90. The van der Waals surface area contributed by atoms with E-state index in [1.165, 1.54) is 31.2 Å². The van der Waals surface area contributed by atoms with E-state index in [1.54, 1.807) is 20.8 Å². The van der Waals surface area contributed by atoms with Crippen LogP contribution >= 0.6 is 0 Å². The van der Waals surface area contributed by atoms with E-state index < -0.39 is 41.6 Å². The minimum Gasteiger partial charge on any atom is -0.451 e. The summed E-state index contributed by atoms with van der Waals surface area (Å²) in [6.07, 6.45) is -1.03. The van der Waals surface area contributed by atoms with Crippen molar-refractivity contribution in [1.82, 2.24) is 15.1 Å². The van der Waals surface area contributed by atoms with Crippen LogP contribution in [0.4, 0.5) is 4.39 Å². The molecule has 2 aromatic rings. The highest BCUT2D eigenvalue weighted by atomic mass is 19.1. The Morgan fingerprint density at radius 3 is 2.50 bits per heavy atom. The van der Waals surface area contributed by atoms with Crippen LogP contribution in [0.1, 0.15) is 27.7 Å². The second-order valence-electron chi connectivity index (χ2n) is 6.71. The second-order valence-corrected chi connectivity index (χ2v) is 6.71. The van der Waals surface area contributed by atoms with Crippen LogP contribution in [0.15, 0.2) is 33.5 Å². The Kier molecular flexibility index (Phi) is 5.59. The normalized spacial score (nSPS) is 12.5. The van der Waals surface area contributed by atoms with Crippen molar-refractivity contribution in [2.75, 3.05) is 0 Å². The van der Waals surface area contributed by atoms with E-state index in [2.05, 4.69) is 10.4 Å². The fourth-order valence-electron chi connectivity index (χ4n) is 2.00. The minimum atomic E-state index is -1.03. The molecule has 0 radical (unpaired) electrons. The summed E-state index contributed by atoms with van der Waals surface area (Å²) in [5.74, 6) is -2.64. The lowest BCUT2D eigenvalue weighted by atomic mass is 10.1. The first-order valence-corrected chi connectivity index (χ1v) is 7.90. The molecule has 1 aromatic heterocycles. The van der Waals surface area contributed by atoms with Gasteiger partial charge in [0.1, 0.15) is 12.4 Å². The molecule has 1 heterocycles. The summed E-state index contributed by atoms with van der Waals surface area (Å²) in [4.78, 5) is 35.6. The molecule has 1 N–H and O–H groups in total. The Balaban J connectivity index is 2.02. The summed E-state index contributed by atoms with van der Waals surface area (Å²) in [7, 11) is 0. The Labute approximate surface area is 148 Å². The maximum atomic E-state index is 12.9. The molecule has 2 rings (SSSR count). The fraction of sp³-hybridized carbons (Fsp3) is 0.412. The van der Waals surface area contributed by atoms with Gasteiger partial charge in [-0.05, 0) is 52.0 Å². The summed E-state index contributed by atoms with van der Waals surface area (Å²) in [6, 6.07) is 5.17. The fourth-order valence-corrected chi connectivity index (χ4v) is 2.00. The van der Waals surface area contributed by atoms with Crippen LogP contribution < -0.4 is 11.1 Å². The van der Waals surface area contributed by atoms with E-state index in [9.17, 15) is 18.8 Å². The number of ether oxygens (including phenoxy) is 1. The lowest BCUT2D eigenvalue weighted by Gasteiger charge is -2.23. The summed E-state index contributed by atoms with van der Waals surface area (Å²) < 4.78 is 23.7. The van der Waals surface area contributed by atoms with E-state index in [1.807, 2.05) is 0 Å². The predicted molar refractivity (Wildman–Crippen MR) is 89.6 cm³/mol. The van der Waals surface area contributed by atoms with E-state index >= 15 is 0 Å².